The monoisotopic (exact) mass is 226 g/mol. The number of rotatable bonds is 5. The second kappa shape index (κ2) is 5.76. The number of carbonyl (C=O) groups excluding carboxylic acids is 1. The number of alkyl halides is 1. The molecule has 1 aromatic rings. The molecule has 0 saturated carbocycles. The summed E-state index contributed by atoms with van der Waals surface area (Å²) in [6, 6.07) is 5.72. The highest BCUT2D eigenvalue weighted by Gasteiger charge is 2.13. The molecule has 1 atom stereocenters. The second-order valence-electron chi connectivity index (χ2n) is 3.33. The largest absolute Gasteiger partial charge is 0.493 e. The van der Waals surface area contributed by atoms with Gasteiger partial charge in [-0.3, -0.25) is 0 Å². The van der Waals surface area contributed by atoms with Crippen LogP contribution < -0.4 is 4.74 Å². The summed E-state index contributed by atoms with van der Waals surface area (Å²) in [5.41, 5.74) is 1.84. The lowest BCUT2D eigenvalue weighted by Gasteiger charge is -2.15. The molecular formula is C12H15ClO2. The van der Waals surface area contributed by atoms with Gasteiger partial charge in [0.05, 0.1) is 12.5 Å². The minimum Gasteiger partial charge on any atom is -0.493 e. The van der Waals surface area contributed by atoms with Crippen molar-refractivity contribution < 1.29 is 9.53 Å². The fourth-order valence-corrected chi connectivity index (χ4v) is 1.67. The number of benzene rings is 1. The number of ether oxygens (including phenoxy) is 1. The van der Waals surface area contributed by atoms with E-state index in [4.69, 9.17) is 16.3 Å². The molecular weight excluding hydrogens is 212 g/mol. The SMILES string of the molecule is CCOc1c(CCl)cccc1C(C)C=O. The van der Waals surface area contributed by atoms with Gasteiger partial charge in [0, 0.05) is 17.0 Å². The van der Waals surface area contributed by atoms with E-state index in [0.29, 0.717) is 12.5 Å². The highest BCUT2D eigenvalue weighted by Crippen LogP contribution is 2.30. The minimum atomic E-state index is -0.158. The van der Waals surface area contributed by atoms with Crippen molar-refractivity contribution in [1.29, 1.82) is 0 Å². The third-order valence-corrected chi connectivity index (χ3v) is 2.54. The lowest BCUT2D eigenvalue weighted by molar-refractivity contribution is -0.108. The van der Waals surface area contributed by atoms with Gasteiger partial charge in [-0.1, -0.05) is 25.1 Å². The summed E-state index contributed by atoms with van der Waals surface area (Å²) in [6.07, 6.45) is 0.913. The van der Waals surface area contributed by atoms with Crippen molar-refractivity contribution in [1.82, 2.24) is 0 Å². The number of hydrogen-bond acceptors (Lipinski definition) is 2. The first-order valence-electron chi connectivity index (χ1n) is 5.00. The summed E-state index contributed by atoms with van der Waals surface area (Å²) in [7, 11) is 0. The first-order valence-corrected chi connectivity index (χ1v) is 5.53. The third kappa shape index (κ3) is 2.72. The molecule has 0 spiro atoms. The van der Waals surface area contributed by atoms with Crippen molar-refractivity contribution in [3.63, 3.8) is 0 Å². The molecule has 0 N–H and O–H groups in total. The Hall–Kier alpha value is -1.02. The number of carbonyl (C=O) groups is 1. The second-order valence-corrected chi connectivity index (χ2v) is 3.59. The van der Waals surface area contributed by atoms with Crippen LogP contribution in [-0.4, -0.2) is 12.9 Å². The fraction of sp³-hybridized carbons (Fsp3) is 0.417. The molecule has 0 bridgehead atoms. The van der Waals surface area contributed by atoms with Crippen LogP contribution in [0.15, 0.2) is 18.2 Å². The number of hydrogen-bond donors (Lipinski definition) is 0. The van der Waals surface area contributed by atoms with E-state index in [2.05, 4.69) is 0 Å². The molecule has 15 heavy (non-hydrogen) atoms. The summed E-state index contributed by atoms with van der Waals surface area (Å²) >= 11 is 5.82. The van der Waals surface area contributed by atoms with Crippen LogP contribution in [0.2, 0.25) is 0 Å². The Labute approximate surface area is 95.2 Å². The van der Waals surface area contributed by atoms with Crippen LogP contribution in [0.1, 0.15) is 30.9 Å². The van der Waals surface area contributed by atoms with Crippen molar-refractivity contribution in [2.45, 2.75) is 25.6 Å². The van der Waals surface area contributed by atoms with Crippen molar-refractivity contribution in [2.24, 2.45) is 0 Å². The molecule has 0 aliphatic heterocycles. The van der Waals surface area contributed by atoms with Gasteiger partial charge in [0.15, 0.2) is 0 Å². The van der Waals surface area contributed by atoms with Gasteiger partial charge in [-0.2, -0.15) is 0 Å². The van der Waals surface area contributed by atoms with Gasteiger partial charge < -0.3 is 9.53 Å². The van der Waals surface area contributed by atoms with Gasteiger partial charge in [0.25, 0.3) is 0 Å². The average molecular weight is 227 g/mol. The summed E-state index contributed by atoms with van der Waals surface area (Å²) in [5.74, 6) is 0.999. The molecule has 1 aromatic carbocycles. The summed E-state index contributed by atoms with van der Waals surface area (Å²) in [5, 5.41) is 0. The van der Waals surface area contributed by atoms with E-state index >= 15 is 0 Å². The lowest BCUT2D eigenvalue weighted by atomic mass is 9.99. The Morgan fingerprint density at radius 1 is 1.53 bits per heavy atom. The van der Waals surface area contributed by atoms with Crippen LogP contribution in [-0.2, 0) is 10.7 Å². The van der Waals surface area contributed by atoms with Crippen LogP contribution in [0.5, 0.6) is 5.75 Å². The normalized spacial score (nSPS) is 12.2. The minimum absolute atomic E-state index is 0.158. The highest BCUT2D eigenvalue weighted by atomic mass is 35.5. The maximum Gasteiger partial charge on any atom is 0.127 e. The molecule has 3 heteroatoms. The summed E-state index contributed by atoms with van der Waals surface area (Å²) in [4.78, 5) is 10.8. The zero-order chi connectivity index (χ0) is 11.3. The van der Waals surface area contributed by atoms with Crippen molar-refractivity contribution in [3.05, 3.63) is 29.3 Å². The molecule has 0 fully saturated rings. The number of para-hydroxylation sites is 1. The molecule has 0 aliphatic rings. The summed E-state index contributed by atoms with van der Waals surface area (Å²) in [6.45, 7) is 4.34. The zero-order valence-corrected chi connectivity index (χ0v) is 9.75. The third-order valence-electron chi connectivity index (χ3n) is 2.25. The average Bonchev–Trinajstić information content (AvgIpc) is 2.28. The van der Waals surface area contributed by atoms with E-state index in [-0.39, 0.29) is 5.92 Å². The quantitative estimate of drug-likeness (QED) is 0.570. The maximum atomic E-state index is 10.8. The first-order chi connectivity index (χ1) is 7.24. The highest BCUT2D eigenvalue weighted by molar-refractivity contribution is 6.17. The van der Waals surface area contributed by atoms with Crippen molar-refractivity contribution in [3.8, 4) is 5.75 Å². The molecule has 0 saturated heterocycles. The van der Waals surface area contributed by atoms with E-state index < -0.39 is 0 Å². The van der Waals surface area contributed by atoms with E-state index in [9.17, 15) is 4.79 Å². The molecule has 0 radical (unpaired) electrons. The molecule has 0 amide bonds. The van der Waals surface area contributed by atoms with Crippen molar-refractivity contribution in [2.75, 3.05) is 6.61 Å². The van der Waals surface area contributed by atoms with Gasteiger partial charge in [-0.15, -0.1) is 11.6 Å². The Morgan fingerprint density at radius 2 is 2.27 bits per heavy atom. The van der Waals surface area contributed by atoms with Gasteiger partial charge in [0.2, 0.25) is 0 Å². The topological polar surface area (TPSA) is 26.3 Å². The van der Waals surface area contributed by atoms with Crippen LogP contribution in [0.3, 0.4) is 0 Å². The van der Waals surface area contributed by atoms with Gasteiger partial charge in [-0.05, 0) is 6.92 Å². The van der Waals surface area contributed by atoms with Crippen LogP contribution in [0.25, 0.3) is 0 Å². The molecule has 0 aromatic heterocycles. The van der Waals surface area contributed by atoms with Crippen LogP contribution >= 0.6 is 11.6 Å². The Morgan fingerprint density at radius 3 is 2.80 bits per heavy atom. The summed E-state index contributed by atoms with van der Waals surface area (Å²) < 4.78 is 5.54. The number of aldehydes is 1. The van der Waals surface area contributed by atoms with E-state index in [1.54, 1.807) is 0 Å². The Balaban J connectivity index is 3.17. The number of halogens is 1. The lowest BCUT2D eigenvalue weighted by Crippen LogP contribution is -2.03. The van der Waals surface area contributed by atoms with E-state index in [1.165, 1.54) is 0 Å². The molecule has 82 valence electrons. The maximum absolute atomic E-state index is 10.8. The van der Waals surface area contributed by atoms with Crippen LogP contribution in [0, 0.1) is 0 Å². The predicted molar refractivity (Wildman–Crippen MR) is 61.6 cm³/mol. The van der Waals surface area contributed by atoms with Crippen molar-refractivity contribution >= 4 is 17.9 Å². The molecule has 2 nitrogen and oxygen atoms in total. The molecule has 1 rings (SSSR count). The first kappa shape index (κ1) is 12.1. The van der Waals surface area contributed by atoms with Gasteiger partial charge in [0.1, 0.15) is 12.0 Å². The molecule has 0 aliphatic carbocycles. The zero-order valence-electron chi connectivity index (χ0n) is 9.00. The van der Waals surface area contributed by atoms with Gasteiger partial charge >= 0.3 is 0 Å². The Kier molecular flexibility index (Phi) is 4.63. The van der Waals surface area contributed by atoms with E-state index in [1.807, 2.05) is 32.0 Å². The van der Waals surface area contributed by atoms with E-state index in [0.717, 1.165) is 23.2 Å². The van der Waals surface area contributed by atoms with Crippen LogP contribution in [0.4, 0.5) is 0 Å². The molecule has 0 heterocycles. The smallest absolute Gasteiger partial charge is 0.127 e. The Bertz CT molecular complexity index is 336. The predicted octanol–water partition coefficient (Wildman–Crippen LogP) is 3.13. The fourth-order valence-electron chi connectivity index (χ4n) is 1.46. The molecule has 1 unspecified atom stereocenters. The van der Waals surface area contributed by atoms with Gasteiger partial charge in [-0.25, -0.2) is 0 Å². The standard InChI is InChI=1S/C12H15ClO2/c1-3-15-12-10(7-13)5-4-6-11(12)9(2)8-14/h4-6,8-9H,3,7H2,1-2H3.